The Bertz CT molecular complexity index is 1470. The van der Waals surface area contributed by atoms with Gasteiger partial charge in [0.2, 0.25) is 11.8 Å². The van der Waals surface area contributed by atoms with Crippen LogP contribution in [0.3, 0.4) is 0 Å². The third-order valence-corrected chi connectivity index (χ3v) is 8.89. The van der Waals surface area contributed by atoms with Crippen LogP contribution in [0.15, 0.2) is 60.7 Å². The highest BCUT2D eigenvalue weighted by Crippen LogP contribution is 2.32. The Kier molecular flexibility index (Phi) is 7.77. The molecule has 0 aromatic heterocycles. The molecule has 1 N–H and O–H groups in total. The van der Waals surface area contributed by atoms with Gasteiger partial charge in [-0.2, -0.15) is 0 Å². The zero-order valence-electron chi connectivity index (χ0n) is 23.8. The minimum Gasteiger partial charge on any atom is -0.487 e. The lowest BCUT2D eigenvalue weighted by Crippen LogP contribution is -2.56. The van der Waals surface area contributed by atoms with E-state index in [-0.39, 0.29) is 24.3 Å². The fourth-order valence-electron chi connectivity index (χ4n) is 6.73. The Morgan fingerprint density at radius 1 is 0.951 bits per heavy atom. The molecule has 214 valence electrons. The first-order valence-corrected chi connectivity index (χ1v) is 14.8. The predicted molar refractivity (Wildman–Crippen MR) is 157 cm³/mol. The zero-order chi connectivity index (χ0) is 28.5. The predicted octanol–water partition coefficient (Wildman–Crippen LogP) is 3.96. The summed E-state index contributed by atoms with van der Waals surface area (Å²) in [4.78, 5) is 43.7. The molecule has 3 aliphatic rings. The number of carbonyl (C=O) groups excluding carboxylic acids is 3. The lowest BCUT2D eigenvalue weighted by Gasteiger charge is -2.43. The maximum Gasteiger partial charge on any atom is 0.255 e. The molecule has 8 heteroatoms. The summed E-state index contributed by atoms with van der Waals surface area (Å²) in [6, 6.07) is 20.5. The van der Waals surface area contributed by atoms with Gasteiger partial charge < -0.3 is 9.64 Å². The second-order valence-electron chi connectivity index (χ2n) is 11.4. The molecule has 2 fully saturated rings. The van der Waals surface area contributed by atoms with Crippen molar-refractivity contribution < 1.29 is 19.1 Å². The van der Waals surface area contributed by atoms with Gasteiger partial charge in [-0.05, 0) is 72.1 Å². The van der Waals surface area contributed by atoms with E-state index in [2.05, 4.69) is 71.4 Å². The summed E-state index contributed by atoms with van der Waals surface area (Å²) in [6.07, 6.45) is 1.60. The van der Waals surface area contributed by atoms with Crippen molar-refractivity contribution in [3.63, 3.8) is 0 Å². The summed E-state index contributed by atoms with van der Waals surface area (Å²) in [6.45, 7) is 9.36. The van der Waals surface area contributed by atoms with Crippen molar-refractivity contribution in [2.24, 2.45) is 0 Å². The first-order chi connectivity index (χ1) is 19.9. The Morgan fingerprint density at radius 2 is 1.76 bits per heavy atom. The molecule has 3 aromatic rings. The highest BCUT2D eigenvalue weighted by molar-refractivity contribution is 6.05. The van der Waals surface area contributed by atoms with Gasteiger partial charge >= 0.3 is 0 Å². The summed E-state index contributed by atoms with van der Waals surface area (Å²) in [5.41, 5.74) is 2.76. The largest absolute Gasteiger partial charge is 0.487 e. The topological polar surface area (TPSA) is 82.2 Å². The van der Waals surface area contributed by atoms with Crippen LogP contribution in [0, 0.1) is 0 Å². The molecule has 3 heterocycles. The van der Waals surface area contributed by atoms with E-state index in [0.29, 0.717) is 24.6 Å². The Balaban J connectivity index is 1.18. The third kappa shape index (κ3) is 5.59. The van der Waals surface area contributed by atoms with Gasteiger partial charge in [-0.1, -0.05) is 50.2 Å². The normalized spacial score (nSPS) is 23.2. The molecule has 0 spiro atoms. The zero-order valence-corrected chi connectivity index (χ0v) is 23.8. The summed E-state index contributed by atoms with van der Waals surface area (Å²) in [7, 11) is 0. The third-order valence-electron chi connectivity index (χ3n) is 8.89. The molecular formula is C33H38N4O4. The molecule has 0 radical (unpaired) electrons. The Labute approximate surface area is 241 Å². The van der Waals surface area contributed by atoms with Gasteiger partial charge in [0.25, 0.3) is 5.91 Å². The SMILES string of the molecule is CCN(CC)[C@H]1CCN(Cc2ccc3ccccc3c2)C[C@@H]1Oc1ccc2c(c1)CN(C1CCC(=O)NC1=O)C2=O. The average molecular weight is 555 g/mol. The number of piperidine rings is 2. The monoisotopic (exact) mass is 554 g/mol. The van der Waals surface area contributed by atoms with Gasteiger partial charge in [0.1, 0.15) is 17.9 Å². The van der Waals surface area contributed by atoms with E-state index < -0.39 is 11.9 Å². The number of rotatable bonds is 8. The van der Waals surface area contributed by atoms with Crippen LogP contribution in [0.1, 0.15) is 54.6 Å². The quantitative estimate of drug-likeness (QED) is 0.425. The number of nitrogens with zero attached hydrogens (tertiary/aromatic N) is 3. The molecule has 3 atom stereocenters. The number of hydrogen-bond acceptors (Lipinski definition) is 6. The molecule has 0 bridgehead atoms. The van der Waals surface area contributed by atoms with Gasteiger partial charge in [0, 0.05) is 44.2 Å². The molecule has 3 amide bonds. The number of nitrogens with one attached hydrogen (secondary N) is 1. The van der Waals surface area contributed by atoms with Crippen LogP contribution < -0.4 is 10.1 Å². The maximum atomic E-state index is 13.1. The summed E-state index contributed by atoms with van der Waals surface area (Å²) in [5, 5.41) is 4.88. The van der Waals surface area contributed by atoms with E-state index in [1.165, 1.54) is 16.3 Å². The molecule has 1 unspecified atom stereocenters. The first kappa shape index (κ1) is 27.4. The van der Waals surface area contributed by atoms with Crippen LogP contribution in [0.2, 0.25) is 0 Å². The van der Waals surface area contributed by atoms with Crippen molar-refractivity contribution in [1.82, 2.24) is 20.0 Å². The second-order valence-corrected chi connectivity index (χ2v) is 11.4. The van der Waals surface area contributed by atoms with Crippen LogP contribution in [0.25, 0.3) is 10.8 Å². The number of likely N-dealkylation sites (N-methyl/N-ethyl adjacent to an activating group) is 1. The Hall–Kier alpha value is -3.75. The lowest BCUT2D eigenvalue weighted by atomic mass is 9.98. The average Bonchev–Trinajstić information content (AvgIpc) is 3.29. The summed E-state index contributed by atoms with van der Waals surface area (Å²) >= 11 is 0. The number of carbonyl (C=O) groups is 3. The Morgan fingerprint density at radius 3 is 2.54 bits per heavy atom. The van der Waals surface area contributed by atoms with Crippen molar-refractivity contribution in [1.29, 1.82) is 0 Å². The van der Waals surface area contributed by atoms with Crippen LogP contribution in [-0.2, 0) is 22.7 Å². The van der Waals surface area contributed by atoms with Crippen molar-refractivity contribution in [3.05, 3.63) is 77.4 Å². The molecule has 2 saturated heterocycles. The highest BCUT2D eigenvalue weighted by atomic mass is 16.5. The fourth-order valence-corrected chi connectivity index (χ4v) is 6.73. The van der Waals surface area contributed by atoms with Crippen LogP contribution in [-0.4, -0.2) is 76.8 Å². The second kappa shape index (κ2) is 11.6. The number of likely N-dealkylation sites (tertiary alicyclic amines) is 1. The van der Waals surface area contributed by atoms with E-state index in [1.807, 2.05) is 18.2 Å². The van der Waals surface area contributed by atoms with Gasteiger partial charge in [0.05, 0.1) is 0 Å². The minimum absolute atomic E-state index is 0.0227. The minimum atomic E-state index is -0.619. The first-order valence-electron chi connectivity index (χ1n) is 14.8. The lowest BCUT2D eigenvalue weighted by molar-refractivity contribution is -0.136. The maximum absolute atomic E-state index is 13.1. The number of imide groups is 1. The molecule has 0 aliphatic carbocycles. The van der Waals surface area contributed by atoms with E-state index in [9.17, 15) is 14.4 Å². The molecule has 3 aromatic carbocycles. The smallest absolute Gasteiger partial charge is 0.255 e. The van der Waals surface area contributed by atoms with Crippen LogP contribution in [0.4, 0.5) is 0 Å². The standard InChI is InChI=1S/C33H38N4O4/c1-3-36(4-2)28-15-16-35(19-22-9-10-23-7-5-6-8-24(23)17-22)21-30(28)41-26-11-12-27-25(18-26)20-37(33(27)40)29-13-14-31(38)34-32(29)39/h5-12,17-18,28-30H,3-4,13-16,19-21H2,1-2H3,(H,34,38,39)/t28-,29?,30-/m0/s1. The molecular weight excluding hydrogens is 516 g/mol. The van der Waals surface area contributed by atoms with Gasteiger partial charge in [-0.3, -0.25) is 29.5 Å². The van der Waals surface area contributed by atoms with Gasteiger partial charge in [-0.25, -0.2) is 0 Å². The molecule has 41 heavy (non-hydrogen) atoms. The summed E-state index contributed by atoms with van der Waals surface area (Å²) in [5.74, 6) is -0.0941. The number of ether oxygens (including phenoxy) is 1. The number of benzene rings is 3. The van der Waals surface area contributed by atoms with Crippen molar-refractivity contribution >= 4 is 28.5 Å². The van der Waals surface area contributed by atoms with Crippen LogP contribution >= 0.6 is 0 Å². The van der Waals surface area contributed by atoms with E-state index in [4.69, 9.17) is 4.74 Å². The van der Waals surface area contributed by atoms with Crippen molar-refractivity contribution in [3.8, 4) is 5.75 Å². The van der Waals surface area contributed by atoms with E-state index >= 15 is 0 Å². The summed E-state index contributed by atoms with van der Waals surface area (Å²) < 4.78 is 6.73. The van der Waals surface area contributed by atoms with E-state index in [0.717, 1.165) is 50.5 Å². The molecule has 8 nitrogen and oxygen atoms in total. The van der Waals surface area contributed by atoms with Crippen LogP contribution in [0.5, 0.6) is 5.75 Å². The highest BCUT2D eigenvalue weighted by Gasteiger charge is 2.40. The number of fused-ring (bicyclic) bond motifs is 2. The van der Waals surface area contributed by atoms with Crippen molar-refractivity contribution in [2.45, 2.75) is 64.4 Å². The van der Waals surface area contributed by atoms with Crippen molar-refractivity contribution in [2.75, 3.05) is 26.2 Å². The molecule has 0 saturated carbocycles. The van der Waals surface area contributed by atoms with Gasteiger partial charge in [-0.15, -0.1) is 0 Å². The fraction of sp³-hybridized carbons (Fsp3) is 0.424. The molecule has 3 aliphatic heterocycles. The molecule has 6 rings (SSSR count). The van der Waals surface area contributed by atoms with Gasteiger partial charge in [0.15, 0.2) is 0 Å². The number of hydrogen-bond donors (Lipinski definition) is 1. The van der Waals surface area contributed by atoms with E-state index in [1.54, 1.807) is 4.90 Å². The number of amides is 3.